The van der Waals surface area contributed by atoms with Crippen molar-refractivity contribution in [2.75, 3.05) is 0 Å². The Labute approximate surface area is 156 Å². The molecule has 9 heteroatoms. The lowest BCUT2D eigenvalue weighted by Crippen LogP contribution is -2.18. The number of esters is 1. The van der Waals surface area contributed by atoms with Crippen molar-refractivity contribution in [2.24, 2.45) is 0 Å². The summed E-state index contributed by atoms with van der Waals surface area (Å²) in [4.78, 5) is 24.0. The van der Waals surface area contributed by atoms with Gasteiger partial charge in [-0.25, -0.2) is 4.79 Å². The first-order chi connectivity index (χ1) is 13.1. The van der Waals surface area contributed by atoms with E-state index in [-0.39, 0.29) is 13.0 Å². The molecule has 0 unspecified atom stereocenters. The van der Waals surface area contributed by atoms with Crippen LogP contribution in [0.25, 0.3) is 22.6 Å². The second-order valence-electron chi connectivity index (χ2n) is 5.62. The van der Waals surface area contributed by atoms with Gasteiger partial charge in [0.15, 0.2) is 5.58 Å². The summed E-state index contributed by atoms with van der Waals surface area (Å²) in [5.74, 6) is -0.279. The number of carbonyl (C=O) groups excluding carboxylic acids is 1. The fourth-order valence-corrected chi connectivity index (χ4v) is 2.76. The van der Waals surface area contributed by atoms with Crippen molar-refractivity contribution in [3.05, 3.63) is 64.4 Å². The Morgan fingerprint density at radius 1 is 1.19 bits per heavy atom. The summed E-state index contributed by atoms with van der Waals surface area (Å²) >= 11 is 5.88. The molecule has 0 aliphatic rings. The van der Waals surface area contributed by atoms with E-state index in [1.54, 1.807) is 42.5 Å². The lowest BCUT2D eigenvalue weighted by molar-refractivity contribution is -0.134. The normalized spacial score (nSPS) is 11.0. The van der Waals surface area contributed by atoms with Gasteiger partial charge in [-0.05, 0) is 36.4 Å². The number of hydrogen-bond donors (Lipinski definition) is 0. The quantitative estimate of drug-likeness (QED) is 0.383. The van der Waals surface area contributed by atoms with E-state index in [1.165, 1.54) is 11.0 Å². The summed E-state index contributed by atoms with van der Waals surface area (Å²) in [7, 11) is 0. The third-order valence-electron chi connectivity index (χ3n) is 3.86. The number of ether oxygens (including phenoxy) is 1. The summed E-state index contributed by atoms with van der Waals surface area (Å²) in [5, 5.41) is 7.87. The van der Waals surface area contributed by atoms with E-state index in [4.69, 9.17) is 25.2 Å². The average molecular weight is 386 g/mol. The highest BCUT2D eigenvalue weighted by molar-refractivity contribution is 6.31. The molecule has 2 aromatic carbocycles. The van der Waals surface area contributed by atoms with Gasteiger partial charge in [0.1, 0.15) is 5.75 Å². The minimum Gasteiger partial charge on any atom is -0.426 e. The molecule has 0 saturated heterocycles. The number of oxazole rings is 1. The molecule has 4 rings (SSSR count). The lowest BCUT2D eigenvalue weighted by atomic mass is 10.2. The van der Waals surface area contributed by atoms with Crippen LogP contribution in [0.15, 0.2) is 62.5 Å². The van der Waals surface area contributed by atoms with Crippen LogP contribution in [-0.4, -0.2) is 20.7 Å². The van der Waals surface area contributed by atoms with E-state index < -0.39 is 11.7 Å². The van der Waals surface area contributed by atoms with Crippen LogP contribution in [0.2, 0.25) is 5.02 Å². The number of fused-ring (bicyclic) bond motifs is 1. The van der Waals surface area contributed by atoms with Crippen LogP contribution in [-0.2, 0) is 11.3 Å². The largest absolute Gasteiger partial charge is 0.426 e. The number of rotatable bonds is 5. The van der Waals surface area contributed by atoms with Crippen molar-refractivity contribution in [3.63, 3.8) is 0 Å². The zero-order valence-electron chi connectivity index (χ0n) is 13.8. The van der Waals surface area contributed by atoms with Gasteiger partial charge in [-0.2, -0.15) is 0 Å². The Kier molecular flexibility index (Phi) is 4.47. The third kappa shape index (κ3) is 3.61. The Morgan fingerprint density at radius 2 is 2.00 bits per heavy atom. The molecule has 0 fully saturated rings. The molecule has 0 bridgehead atoms. The van der Waals surface area contributed by atoms with Crippen LogP contribution in [0.3, 0.4) is 0 Å². The molecule has 0 spiro atoms. The third-order valence-corrected chi connectivity index (χ3v) is 4.10. The summed E-state index contributed by atoms with van der Waals surface area (Å²) < 4.78 is 16.9. The van der Waals surface area contributed by atoms with Crippen molar-refractivity contribution < 1.29 is 18.4 Å². The van der Waals surface area contributed by atoms with Crippen molar-refractivity contribution in [2.45, 2.75) is 13.0 Å². The smallest absolute Gasteiger partial charge is 0.419 e. The highest BCUT2D eigenvalue weighted by Gasteiger charge is 2.13. The minimum absolute atomic E-state index is 0.00256. The number of hydrogen-bond acceptors (Lipinski definition) is 7. The molecular formula is C18H12ClN3O5. The molecular weight excluding hydrogens is 374 g/mol. The molecule has 0 atom stereocenters. The van der Waals surface area contributed by atoms with E-state index in [0.717, 1.165) is 0 Å². The SMILES string of the molecule is O=C(CCn1c(=O)oc2cc(Cl)ccc21)Oc1ccc(-c2nnco2)cc1. The Hall–Kier alpha value is -3.39. The predicted molar refractivity (Wildman–Crippen MR) is 95.5 cm³/mol. The summed E-state index contributed by atoms with van der Waals surface area (Å²) in [6.45, 7) is 0.131. The van der Waals surface area contributed by atoms with E-state index in [2.05, 4.69) is 10.2 Å². The van der Waals surface area contributed by atoms with Crippen molar-refractivity contribution in [1.29, 1.82) is 0 Å². The Morgan fingerprint density at radius 3 is 2.74 bits per heavy atom. The van der Waals surface area contributed by atoms with E-state index in [9.17, 15) is 9.59 Å². The summed E-state index contributed by atoms with van der Waals surface area (Å²) in [6, 6.07) is 11.5. The summed E-state index contributed by atoms with van der Waals surface area (Å²) in [6.07, 6.45) is 1.24. The maximum Gasteiger partial charge on any atom is 0.419 e. The van der Waals surface area contributed by atoms with Crippen molar-refractivity contribution in [1.82, 2.24) is 14.8 Å². The van der Waals surface area contributed by atoms with Crippen molar-refractivity contribution >= 4 is 28.7 Å². The molecule has 0 N–H and O–H groups in total. The maximum absolute atomic E-state index is 12.1. The van der Waals surface area contributed by atoms with Crippen molar-refractivity contribution in [3.8, 4) is 17.2 Å². The second-order valence-corrected chi connectivity index (χ2v) is 6.06. The van der Waals surface area contributed by atoms with Gasteiger partial charge >= 0.3 is 11.7 Å². The van der Waals surface area contributed by atoms with Crippen LogP contribution in [0.5, 0.6) is 5.75 Å². The van der Waals surface area contributed by atoms with E-state index in [0.29, 0.717) is 33.3 Å². The average Bonchev–Trinajstić information content (AvgIpc) is 3.28. The van der Waals surface area contributed by atoms with Gasteiger partial charge in [0, 0.05) is 23.2 Å². The van der Waals surface area contributed by atoms with Crippen LogP contribution in [0.1, 0.15) is 6.42 Å². The molecule has 0 amide bonds. The molecule has 2 heterocycles. The first-order valence-electron chi connectivity index (χ1n) is 7.96. The predicted octanol–water partition coefficient (Wildman–Crippen LogP) is 3.29. The molecule has 136 valence electrons. The zero-order chi connectivity index (χ0) is 18.8. The first-order valence-corrected chi connectivity index (χ1v) is 8.34. The molecule has 0 aliphatic carbocycles. The van der Waals surface area contributed by atoms with Gasteiger partial charge in [-0.1, -0.05) is 11.6 Å². The Bertz CT molecular complexity index is 1150. The number of nitrogens with zero attached hydrogens (tertiary/aromatic N) is 3. The van der Waals surface area contributed by atoms with Gasteiger partial charge in [0.05, 0.1) is 11.9 Å². The van der Waals surface area contributed by atoms with Crippen LogP contribution < -0.4 is 10.5 Å². The van der Waals surface area contributed by atoms with Gasteiger partial charge in [-0.3, -0.25) is 9.36 Å². The second kappa shape index (κ2) is 7.08. The highest BCUT2D eigenvalue weighted by atomic mass is 35.5. The summed E-state index contributed by atoms with van der Waals surface area (Å²) in [5.41, 5.74) is 1.65. The van der Waals surface area contributed by atoms with Crippen LogP contribution >= 0.6 is 11.6 Å². The molecule has 8 nitrogen and oxygen atoms in total. The van der Waals surface area contributed by atoms with Crippen LogP contribution in [0, 0.1) is 0 Å². The topological polar surface area (TPSA) is 100 Å². The minimum atomic E-state index is -0.552. The molecule has 0 saturated carbocycles. The van der Waals surface area contributed by atoms with Gasteiger partial charge < -0.3 is 13.6 Å². The molecule has 0 aliphatic heterocycles. The Balaban J connectivity index is 1.41. The van der Waals surface area contributed by atoms with Gasteiger partial charge in [0.2, 0.25) is 12.3 Å². The molecule has 2 aromatic heterocycles. The van der Waals surface area contributed by atoms with Gasteiger partial charge in [0.25, 0.3) is 0 Å². The van der Waals surface area contributed by atoms with Crippen LogP contribution in [0.4, 0.5) is 0 Å². The fourth-order valence-electron chi connectivity index (χ4n) is 2.60. The number of aromatic nitrogens is 3. The number of aryl methyl sites for hydroxylation is 1. The first kappa shape index (κ1) is 17.0. The number of carbonyl (C=O) groups is 1. The zero-order valence-corrected chi connectivity index (χ0v) is 14.5. The standard InChI is InChI=1S/C18H12ClN3O5/c19-12-3-6-14-15(9-12)27-18(24)22(14)8-7-16(23)26-13-4-1-11(2-5-13)17-21-20-10-25-17/h1-6,9-10H,7-8H2. The number of halogens is 1. The fraction of sp³-hybridized carbons (Fsp3) is 0.111. The van der Waals surface area contributed by atoms with E-state index >= 15 is 0 Å². The van der Waals surface area contributed by atoms with E-state index in [1.807, 2.05) is 0 Å². The molecule has 27 heavy (non-hydrogen) atoms. The number of benzene rings is 2. The maximum atomic E-state index is 12.1. The molecule has 0 radical (unpaired) electrons. The van der Waals surface area contributed by atoms with Gasteiger partial charge in [-0.15, -0.1) is 10.2 Å². The lowest BCUT2D eigenvalue weighted by Gasteiger charge is -2.05. The highest BCUT2D eigenvalue weighted by Crippen LogP contribution is 2.21. The molecule has 4 aromatic rings. The monoisotopic (exact) mass is 385 g/mol.